The van der Waals surface area contributed by atoms with Gasteiger partial charge >= 0.3 is 0 Å². The number of thioether (sulfide) groups is 1. The van der Waals surface area contributed by atoms with Gasteiger partial charge in [-0.1, -0.05) is 0 Å². The summed E-state index contributed by atoms with van der Waals surface area (Å²) in [5.74, 6) is 1.56. The fourth-order valence-electron chi connectivity index (χ4n) is 2.89. The number of piperazine rings is 1. The van der Waals surface area contributed by atoms with Gasteiger partial charge in [-0.15, -0.1) is 11.8 Å². The van der Waals surface area contributed by atoms with Crippen molar-refractivity contribution in [2.75, 3.05) is 45.1 Å². The van der Waals surface area contributed by atoms with Crippen molar-refractivity contribution in [2.24, 2.45) is 0 Å². The Morgan fingerprint density at radius 1 is 1.15 bits per heavy atom. The van der Waals surface area contributed by atoms with Crippen LogP contribution >= 0.6 is 11.8 Å². The Bertz CT molecular complexity index is 611. The first-order valence-electron chi connectivity index (χ1n) is 9.29. The number of benzene rings is 1. The predicted octanol–water partition coefficient (Wildman–Crippen LogP) is 1.60. The molecule has 1 saturated heterocycles. The monoisotopic (exact) mass is 377 g/mol. The average Bonchev–Trinajstić information content (AvgIpc) is 3.45. The molecule has 26 heavy (non-hydrogen) atoms. The van der Waals surface area contributed by atoms with Crippen molar-refractivity contribution in [3.8, 4) is 5.75 Å². The Morgan fingerprint density at radius 2 is 1.85 bits per heavy atom. The zero-order valence-corrected chi connectivity index (χ0v) is 16.1. The number of hydrogen-bond donors (Lipinski definition) is 1. The smallest absolute Gasteiger partial charge is 0.234 e. The molecule has 0 unspecified atom stereocenters. The maximum absolute atomic E-state index is 12.4. The Morgan fingerprint density at radius 3 is 2.46 bits per heavy atom. The van der Waals surface area contributed by atoms with Crippen LogP contribution < -0.4 is 10.1 Å². The lowest BCUT2D eigenvalue weighted by molar-refractivity contribution is -0.130. The van der Waals surface area contributed by atoms with Crippen LogP contribution in [0.25, 0.3) is 0 Å². The van der Waals surface area contributed by atoms with E-state index < -0.39 is 0 Å². The van der Waals surface area contributed by atoms with E-state index in [1.54, 1.807) is 11.8 Å². The summed E-state index contributed by atoms with van der Waals surface area (Å²) in [5, 5.41) is 3.01. The number of amides is 2. The number of nitrogens with one attached hydrogen (secondary N) is 1. The van der Waals surface area contributed by atoms with Crippen molar-refractivity contribution in [1.29, 1.82) is 0 Å². The molecule has 1 aromatic rings. The summed E-state index contributed by atoms with van der Waals surface area (Å²) in [6, 6.07) is 8.24. The van der Waals surface area contributed by atoms with Gasteiger partial charge in [-0.2, -0.15) is 0 Å². The second-order valence-corrected chi connectivity index (χ2v) is 7.74. The van der Waals surface area contributed by atoms with Crippen LogP contribution in [0.15, 0.2) is 29.2 Å². The quantitative estimate of drug-likeness (QED) is 0.698. The second-order valence-electron chi connectivity index (χ2n) is 6.69. The molecule has 2 aliphatic rings. The van der Waals surface area contributed by atoms with E-state index in [4.69, 9.17) is 4.74 Å². The molecular weight excluding hydrogens is 350 g/mol. The molecular formula is C19H27N3O3S. The molecule has 1 aliphatic heterocycles. The topological polar surface area (TPSA) is 61.9 Å². The van der Waals surface area contributed by atoms with Crippen molar-refractivity contribution < 1.29 is 14.3 Å². The minimum Gasteiger partial charge on any atom is -0.494 e. The predicted molar refractivity (Wildman–Crippen MR) is 103 cm³/mol. The Labute approximate surface area is 159 Å². The molecule has 1 aromatic carbocycles. The van der Waals surface area contributed by atoms with E-state index in [9.17, 15) is 9.59 Å². The average molecular weight is 378 g/mol. The van der Waals surface area contributed by atoms with Crippen LogP contribution in [0.1, 0.15) is 19.8 Å². The van der Waals surface area contributed by atoms with Gasteiger partial charge in [0.15, 0.2) is 0 Å². The van der Waals surface area contributed by atoms with Crippen LogP contribution in [0.4, 0.5) is 0 Å². The lowest BCUT2D eigenvalue weighted by atomic mass is 10.3. The van der Waals surface area contributed by atoms with Gasteiger partial charge in [-0.25, -0.2) is 0 Å². The van der Waals surface area contributed by atoms with Gasteiger partial charge < -0.3 is 15.0 Å². The van der Waals surface area contributed by atoms with E-state index in [0.717, 1.165) is 36.6 Å². The van der Waals surface area contributed by atoms with E-state index in [-0.39, 0.29) is 11.8 Å². The maximum Gasteiger partial charge on any atom is 0.234 e. The highest BCUT2D eigenvalue weighted by Gasteiger charge is 2.26. The van der Waals surface area contributed by atoms with Crippen molar-refractivity contribution in [1.82, 2.24) is 15.1 Å². The summed E-state index contributed by atoms with van der Waals surface area (Å²) in [6.07, 6.45) is 2.22. The first-order chi connectivity index (χ1) is 12.6. The Balaban J connectivity index is 1.35. The van der Waals surface area contributed by atoms with E-state index in [0.29, 0.717) is 38.0 Å². The van der Waals surface area contributed by atoms with Crippen LogP contribution in [-0.4, -0.2) is 72.7 Å². The number of ether oxygens (including phenoxy) is 1. The molecule has 2 amide bonds. The van der Waals surface area contributed by atoms with Crippen LogP contribution in [0.2, 0.25) is 0 Å². The second kappa shape index (κ2) is 9.28. The first kappa shape index (κ1) is 19.0. The molecule has 0 spiro atoms. The molecule has 142 valence electrons. The minimum atomic E-state index is 0.110. The minimum absolute atomic E-state index is 0.110. The number of rotatable bonds is 8. The normalized spacial score (nSPS) is 17.8. The standard InChI is InChI=1S/C19H27N3O3S/c1-2-25-16-5-7-17(8-6-16)26-14-19(24)22-11-9-21(10-12-22)13-18(23)20-15-3-4-15/h5-8,15H,2-4,9-14H2,1H3,(H,20,23). The summed E-state index contributed by atoms with van der Waals surface area (Å²) in [6.45, 7) is 5.97. The lowest BCUT2D eigenvalue weighted by Gasteiger charge is -2.34. The first-order valence-corrected chi connectivity index (χ1v) is 10.3. The molecule has 1 saturated carbocycles. The van der Waals surface area contributed by atoms with E-state index in [1.165, 1.54) is 0 Å². The van der Waals surface area contributed by atoms with Gasteiger partial charge in [0, 0.05) is 37.1 Å². The summed E-state index contributed by atoms with van der Waals surface area (Å²) in [7, 11) is 0. The molecule has 6 nitrogen and oxygen atoms in total. The number of hydrogen-bond acceptors (Lipinski definition) is 5. The highest BCUT2D eigenvalue weighted by atomic mass is 32.2. The van der Waals surface area contributed by atoms with Crippen molar-refractivity contribution in [3.05, 3.63) is 24.3 Å². The van der Waals surface area contributed by atoms with Crippen LogP contribution in [0.3, 0.4) is 0 Å². The SMILES string of the molecule is CCOc1ccc(SCC(=O)N2CCN(CC(=O)NC3CC3)CC2)cc1. The van der Waals surface area contributed by atoms with Gasteiger partial charge in [0.2, 0.25) is 11.8 Å². The molecule has 0 radical (unpaired) electrons. The number of carbonyl (C=O) groups is 2. The third-order valence-corrected chi connectivity index (χ3v) is 5.53. The number of nitrogens with zero attached hydrogens (tertiary/aromatic N) is 2. The Kier molecular flexibility index (Phi) is 6.80. The van der Waals surface area contributed by atoms with Gasteiger partial charge in [0.25, 0.3) is 0 Å². The summed E-state index contributed by atoms with van der Waals surface area (Å²) in [4.78, 5) is 29.4. The van der Waals surface area contributed by atoms with E-state index in [2.05, 4.69) is 10.2 Å². The molecule has 1 heterocycles. The van der Waals surface area contributed by atoms with Crippen molar-refractivity contribution in [3.63, 3.8) is 0 Å². The zero-order valence-electron chi connectivity index (χ0n) is 15.3. The molecule has 2 fully saturated rings. The van der Waals surface area contributed by atoms with Crippen LogP contribution in [-0.2, 0) is 9.59 Å². The fraction of sp³-hybridized carbons (Fsp3) is 0.579. The summed E-state index contributed by atoms with van der Waals surface area (Å²) >= 11 is 1.55. The van der Waals surface area contributed by atoms with Crippen molar-refractivity contribution >= 4 is 23.6 Å². The molecule has 0 atom stereocenters. The molecule has 3 rings (SSSR count). The van der Waals surface area contributed by atoms with E-state index in [1.807, 2.05) is 36.1 Å². The summed E-state index contributed by atoms with van der Waals surface area (Å²) in [5.41, 5.74) is 0. The molecule has 7 heteroatoms. The van der Waals surface area contributed by atoms with Crippen LogP contribution in [0, 0.1) is 0 Å². The lowest BCUT2D eigenvalue weighted by Crippen LogP contribution is -2.51. The van der Waals surface area contributed by atoms with Gasteiger partial charge in [0.1, 0.15) is 5.75 Å². The van der Waals surface area contributed by atoms with Crippen LogP contribution in [0.5, 0.6) is 5.75 Å². The highest BCUT2D eigenvalue weighted by molar-refractivity contribution is 8.00. The van der Waals surface area contributed by atoms with Gasteiger partial charge in [-0.05, 0) is 44.0 Å². The molecule has 1 aliphatic carbocycles. The Hall–Kier alpha value is -1.73. The fourth-order valence-corrected chi connectivity index (χ4v) is 3.70. The van der Waals surface area contributed by atoms with Crippen molar-refractivity contribution in [2.45, 2.75) is 30.7 Å². The third-order valence-electron chi connectivity index (χ3n) is 4.53. The summed E-state index contributed by atoms with van der Waals surface area (Å²) < 4.78 is 5.43. The van der Waals surface area contributed by atoms with E-state index >= 15 is 0 Å². The molecule has 0 bridgehead atoms. The maximum atomic E-state index is 12.4. The number of carbonyl (C=O) groups excluding carboxylic acids is 2. The highest BCUT2D eigenvalue weighted by Crippen LogP contribution is 2.22. The molecule has 1 N–H and O–H groups in total. The molecule has 0 aromatic heterocycles. The van der Waals surface area contributed by atoms with Gasteiger partial charge in [0.05, 0.1) is 18.9 Å². The zero-order chi connectivity index (χ0) is 18.4. The third kappa shape index (κ3) is 5.92. The largest absolute Gasteiger partial charge is 0.494 e. The van der Waals surface area contributed by atoms with Gasteiger partial charge in [-0.3, -0.25) is 14.5 Å².